The van der Waals surface area contributed by atoms with E-state index in [9.17, 15) is 4.79 Å². The lowest BCUT2D eigenvalue weighted by molar-refractivity contribution is -0.116. The third-order valence-electron chi connectivity index (χ3n) is 6.35. The maximum absolute atomic E-state index is 13.1. The summed E-state index contributed by atoms with van der Waals surface area (Å²) in [6, 6.07) is 13.8. The van der Waals surface area contributed by atoms with Gasteiger partial charge in [-0.15, -0.1) is 5.10 Å². The minimum atomic E-state index is -0.350. The Bertz CT molecular complexity index is 1280. The lowest BCUT2D eigenvalue weighted by Crippen LogP contribution is -2.31. The molecule has 5 rings (SSSR count). The first-order valence-electron chi connectivity index (χ1n) is 12.2. The summed E-state index contributed by atoms with van der Waals surface area (Å²) in [6.07, 6.45) is 2.22. The Morgan fingerprint density at radius 1 is 1.11 bits per heavy atom. The van der Waals surface area contributed by atoms with Crippen molar-refractivity contribution in [3.05, 3.63) is 70.4 Å². The smallest absolute Gasteiger partial charge is 0.227 e. The number of aryl methyl sites for hydroxylation is 1. The molecule has 35 heavy (non-hydrogen) atoms. The van der Waals surface area contributed by atoms with E-state index in [2.05, 4.69) is 36.3 Å². The normalized spacial score (nSPS) is 17.0. The summed E-state index contributed by atoms with van der Waals surface area (Å²) >= 11 is 1.59. The number of fused-ring (bicyclic) bond motifs is 1. The number of nitrogens with one attached hydrogen (secondary N) is 1. The van der Waals surface area contributed by atoms with Crippen LogP contribution < -0.4 is 14.8 Å². The lowest BCUT2D eigenvalue weighted by Gasteiger charge is -2.32. The van der Waals surface area contributed by atoms with Gasteiger partial charge in [-0.05, 0) is 61.3 Å². The molecule has 0 fully saturated rings. The van der Waals surface area contributed by atoms with Crippen LogP contribution in [0.4, 0.5) is 5.95 Å². The molecule has 0 bridgehead atoms. The minimum absolute atomic E-state index is 0.160. The number of carbonyl (C=O) groups excluding carboxylic acids is 1. The van der Waals surface area contributed by atoms with Gasteiger partial charge in [-0.3, -0.25) is 4.79 Å². The third kappa shape index (κ3) is 4.67. The standard InChI is InChI=1S/C27H30N4O3S/c1-4-33-23-15-18(13-14-22(23)34-16-19-10-7-6-9-17(19)3)25-24-20(11-8-12-21(24)32)28-26-29-27(35-5-2)30-31(25)26/h6-7,9-10,13-15,25H,4-5,8,11-12,16H2,1-3H3,(H,28,29,30). The van der Waals surface area contributed by atoms with E-state index in [1.165, 1.54) is 5.56 Å². The molecule has 2 heterocycles. The van der Waals surface area contributed by atoms with Crippen LogP contribution >= 0.6 is 11.8 Å². The van der Waals surface area contributed by atoms with Crippen LogP contribution in [0, 0.1) is 6.92 Å². The van der Waals surface area contributed by atoms with Gasteiger partial charge in [0.15, 0.2) is 17.3 Å². The number of nitrogens with zero attached hydrogens (tertiary/aromatic N) is 3. The average molecular weight is 491 g/mol. The van der Waals surface area contributed by atoms with E-state index in [4.69, 9.17) is 14.6 Å². The Labute approximate surface area is 209 Å². The molecular weight excluding hydrogens is 460 g/mol. The summed E-state index contributed by atoms with van der Waals surface area (Å²) in [5, 5.41) is 8.84. The van der Waals surface area contributed by atoms with Crippen LogP contribution in [0.15, 0.2) is 58.9 Å². The van der Waals surface area contributed by atoms with Crippen molar-refractivity contribution in [3.8, 4) is 11.5 Å². The second-order valence-corrected chi connectivity index (χ2v) is 9.88. The topological polar surface area (TPSA) is 78.3 Å². The zero-order valence-electron chi connectivity index (χ0n) is 20.3. The van der Waals surface area contributed by atoms with Gasteiger partial charge < -0.3 is 14.8 Å². The first-order chi connectivity index (χ1) is 17.1. The van der Waals surface area contributed by atoms with Gasteiger partial charge in [0, 0.05) is 17.7 Å². The quantitative estimate of drug-likeness (QED) is 0.406. The number of allylic oxidation sites excluding steroid dienone is 2. The Morgan fingerprint density at radius 3 is 2.77 bits per heavy atom. The number of Topliss-reactive ketones (excluding diaryl/α,β-unsaturated/α-hetero) is 1. The monoisotopic (exact) mass is 490 g/mol. The van der Waals surface area contributed by atoms with Crippen molar-refractivity contribution in [1.82, 2.24) is 14.8 Å². The van der Waals surface area contributed by atoms with Gasteiger partial charge in [0.25, 0.3) is 0 Å². The molecule has 0 saturated carbocycles. The number of ether oxygens (including phenoxy) is 2. The highest BCUT2D eigenvalue weighted by Gasteiger charge is 2.37. The van der Waals surface area contributed by atoms with Crippen molar-refractivity contribution in [2.45, 2.75) is 57.8 Å². The predicted molar refractivity (Wildman–Crippen MR) is 137 cm³/mol. The molecule has 1 aromatic heterocycles. The van der Waals surface area contributed by atoms with Crippen LogP contribution in [-0.2, 0) is 11.4 Å². The lowest BCUT2D eigenvalue weighted by atomic mass is 9.85. The van der Waals surface area contributed by atoms with Crippen LogP contribution in [0.1, 0.15) is 55.8 Å². The molecule has 1 unspecified atom stereocenters. The van der Waals surface area contributed by atoms with E-state index in [-0.39, 0.29) is 11.8 Å². The summed E-state index contributed by atoms with van der Waals surface area (Å²) < 4.78 is 14.0. The van der Waals surface area contributed by atoms with Crippen molar-refractivity contribution in [2.24, 2.45) is 0 Å². The molecule has 0 radical (unpaired) electrons. The first kappa shape index (κ1) is 23.5. The molecule has 0 amide bonds. The summed E-state index contributed by atoms with van der Waals surface area (Å²) in [7, 11) is 0. The van der Waals surface area contributed by atoms with E-state index < -0.39 is 0 Å². The van der Waals surface area contributed by atoms with E-state index in [1.54, 1.807) is 11.8 Å². The van der Waals surface area contributed by atoms with Crippen LogP contribution in [0.2, 0.25) is 0 Å². The number of hydrogen-bond donors (Lipinski definition) is 1. The largest absolute Gasteiger partial charge is 0.490 e. The molecule has 2 aliphatic rings. The highest BCUT2D eigenvalue weighted by molar-refractivity contribution is 7.99. The zero-order valence-corrected chi connectivity index (χ0v) is 21.2. The zero-order chi connectivity index (χ0) is 24.4. The van der Waals surface area contributed by atoms with Crippen LogP contribution in [0.5, 0.6) is 11.5 Å². The molecule has 2 aromatic carbocycles. The number of benzene rings is 2. The fourth-order valence-electron chi connectivity index (χ4n) is 4.64. The van der Waals surface area contributed by atoms with Crippen LogP contribution in [0.25, 0.3) is 0 Å². The van der Waals surface area contributed by atoms with Crippen LogP contribution in [0.3, 0.4) is 0 Å². The number of anilines is 1. The summed E-state index contributed by atoms with van der Waals surface area (Å²) in [5.41, 5.74) is 4.98. The summed E-state index contributed by atoms with van der Waals surface area (Å²) in [4.78, 5) is 17.8. The molecule has 1 aliphatic carbocycles. The number of thioether (sulfide) groups is 1. The van der Waals surface area contributed by atoms with Crippen molar-refractivity contribution in [2.75, 3.05) is 17.7 Å². The maximum Gasteiger partial charge on any atom is 0.227 e. The Morgan fingerprint density at radius 2 is 1.97 bits per heavy atom. The number of aromatic nitrogens is 3. The summed E-state index contributed by atoms with van der Waals surface area (Å²) in [5.74, 6) is 3.05. The molecule has 1 atom stereocenters. The van der Waals surface area contributed by atoms with Gasteiger partial charge in [-0.2, -0.15) is 4.98 Å². The minimum Gasteiger partial charge on any atom is -0.490 e. The van der Waals surface area contributed by atoms with Gasteiger partial charge >= 0.3 is 0 Å². The van der Waals surface area contributed by atoms with Gasteiger partial charge in [-0.1, -0.05) is 49.0 Å². The second kappa shape index (κ2) is 10.2. The van der Waals surface area contributed by atoms with E-state index in [0.717, 1.165) is 41.0 Å². The van der Waals surface area contributed by atoms with Gasteiger partial charge in [0.05, 0.1) is 6.61 Å². The third-order valence-corrected chi connectivity index (χ3v) is 7.07. The molecule has 3 aromatic rings. The SMILES string of the molecule is CCOc1cc(C2C3=C(CCCC3=O)Nc3nc(SCC)nn32)ccc1OCc1ccccc1C. The fraction of sp³-hybridized carbons (Fsp3) is 0.370. The molecule has 182 valence electrons. The molecular formula is C27H30N4O3S. The number of ketones is 1. The van der Waals surface area contributed by atoms with Crippen molar-refractivity contribution < 1.29 is 14.3 Å². The number of rotatable bonds is 8. The molecule has 1 N–H and O–H groups in total. The van der Waals surface area contributed by atoms with Crippen molar-refractivity contribution in [1.29, 1.82) is 0 Å². The molecule has 0 spiro atoms. The highest BCUT2D eigenvalue weighted by atomic mass is 32.2. The van der Waals surface area contributed by atoms with Gasteiger partial charge in [0.1, 0.15) is 12.6 Å². The van der Waals surface area contributed by atoms with Crippen molar-refractivity contribution >= 4 is 23.5 Å². The highest BCUT2D eigenvalue weighted by Crippen LogP contribution is 2.42. The van der Waals surface area contributed by atoms with Gasteiger partial charge in [0.2, 0.25) is 11.1 Å². The first-order valence-corrected chi connectivity index (χ1v) is 13.1. The van der Waals surface area contributed by atoms with Gasteiger partial charge in [-0.25, -0.2) is 4.68 Å². The molecule has 8 heteroatoms. The van der Waals surface area contributed by atoms with E-state index >= 15 is 0 Å². The van der Waals surface area contributed by atoms with E-state index in [1.807, 2.05) is 41.9 Å². The molecule has 1 aliphatic heterocycles. The Hall–Kier alpha value is -3.26. The number of carbonyl (C=O) groups is 1. The fourth-order valence-corrected chi connectivity index (χ4v) is 5.20. The average Bonchev–Trinajstić information content (AvgIpc) is 3.25. The predicted octanol–water partition coefficient (Wildman–Crippen LogP) is 5.70. The van der Waals surface area contributed by atoms with Crippen molar-refractivity contribution in [3.63, 3.8) is 0 Å². The number of hydrogen-bond acceptors (Lipinski definition) is 7. The second-order valence-electron chi connectivity index (χ2n) is 8.65. The molecule has 7 nitrogen and oxygen atoms in total. The Kier molecular flexibility index (Phi) is 6.81. The maximum atomic E-state index is 13.1. The van der Waals surface area contributed by atoms with Crippen LogP contribution in [-0.4, -0.2) is 32.9 Å². The molecule has 0 saturated heterocycles. The summed E-state index contributed by atoms with van der Waals surface area (Å²) in [6.45, 7) is 7.08. The Balaban J connectivity index is 1.53. The van der Waals surface area contributed by atoms with E-state index in [0.29, 0.717) is 42.2 Å².